The molecule has 0 aliphatic heterocycles. The fraction of sp³-hybridized carbons (Fsp3) is 0.533. The van der Waals surface area contributed by atoms with Gasteiger partial charge in [0.05, 0.1) is 13.0 Å². The Hall–Kier alpha value is -1.35. The third-order valence-electron chi connectivity index (χ3n) is 2.81. The second-order valence-corrected chi connectivity index (χ2v) is 5.38. The number of benzene rings is 1. The van der Waals surface area contributed by atoms with Crippen molar-refractivity contribution in [3.05, 3.63) is 35.9 Å². The first kappa shape index (κ1) is 14.7. The van der Waals surface area contributed by atoms with Gasteiger partial charge in [0.15, 0.2) is 0 Å². The van der Waals surface area contributed by atoms with Gasteiger partial charge in [-0.15, -0.1) is 0 Å². The lowest BCUT2D eigenvalue weighted by Gasteiger charge is -2.36. The highest BCUT2D eigenvalue weighted by Crippen LogP contribution is 2.18. The molecular weight excluding hydrogens is 226 g/mol. The Morgan fingerprint density at radius 3 is 2.33 bits per heavy atom. The zero-order valence-corrected chi connectivity index (χ0v) is 11.8. The van der Waals surface area contributed by atoms with Crippen LogP contribution < -0.4 is 0 Å². The first-order chi connectivity index (χ1) is 8.45. The highest BCUT2D eigenvalue weighted by Gasteiger charge is 2.25. The number of nitrogens with zero attached hydrogens (tertiary/aromatic N) is 1. The van der Waals surface area contributed by atoms with E-state index in [9.17, 15) is 4.79 Å². The molecule has 1 amide bonds. The van der Waals surface area contributed by atoms with Crippen LogP contribution in [0.15, 0.2) is 30.3 Å². The van der Waals surface area contributed by atoms with Crippen molar-refractivity contribution in [1.29, 1.82) is 0 Å². The molecule has 100 valence electrons. The van der Waals surface area contributed by atoms with E-state index in [1.165, 1.54) is 0 Å². The van der Waals surface area contributed by atoms with Gasteiger partial charge in [0.25, 0.3) is 0 Å². The predicted molar refractivity (Wildman–Crippen MR) is 73.2 cm³/mol. The molecule has 0 heterocycles. The lowest BCUT2D eigenvalue weighted by molar-refractivity contribution is -0.137. The Balaban J connectivity index is 2.77. The summed E-state index contributed by atoms with van der Waals surface area (Å²) in [4.78, 5) is 14.1. The van der Waals surface area contributed by atoms with Crippen LogP contribution in [0.3, 0.4) is 0 Å². The van der Waals surface area contributed by atoms with Crippen LogP contribution in [0, 0.1) is 0 Å². The molecule has 0 aliphatic rings. The van der Waals surface area contributed by atoms with E-state index in [1.54, 1.807) is 7.11 Å². The fourth-order valence-electron chi connectivity index (χ4n) is 1.79. The minimum atomic E-state index is -0.180. The minimum absolute atomic E-state index is 0.133. The number of carbonyl (C=O) groups is 1. The molecule has 0 spiro atoms. The summed E-state index contributed by atoms with van der Waals surface area (Å²) in [6, 6.07) is 10.1. The van der Waals surface area contributed by atoms with E-state index in [4.69, 9.17) is 4.74 Å². The third-order valence-corrected chi connectivity index (χ3v) is 2.81. The van der Waals surface area contributed by atoms with Crippen LogP contribution >= 0.6 is 0 Å². The minimum Gasteiger partial charge on any atom is -0.384 e. The summed E-state index contributed by atoms with van der Waals surface area (Å²) in [5.41, 5.74) is 0.971. The molecule has 0 aromatic heterocycles. The molecule has 18 heavy (non-hydrogen) atoms. The van der Waals surface area contributed by atoms with Gasteiger partial charge in [0.1, 0.15) is 0 Å². The fourth-order valence-corrected chi connectivity index (χ4v) is 1.79. The molecule has 0 unspecified atom stereocenters. The van der Waals surface area contributed by atoms with Crippen molar-refractivity contribution < 1.29 is 9.53 Å². The molecule has 0 N–H and O–H groups in total. The number of hydrogen-bond donors (Lipinski definition) is 0. The van der Waals surface area contributed by atoms with Crippen LogP contribution in [0.1, 0.15) is 32.8 Å². The van der Waals surface area contributed by atoms with E-state index >= 15 is 0 Å². The summed E-state index contributed by atoms with van der Waals surface area (Å²) in [7, 11) is 1.62. The maximum absolute atomic E-state index is 12.2. The maximum atomic E-state index is 12.2. The van der Waals surface area contributed by atoms with Crippen molar-refractivity contribution in [2.45, 2.75) is 39.3 Å². The quantitative estimate of drug-likeness (QED) is 0.803. The van der Waals surface area contributed by atoms with Crippen LogP contribution in [-0.4, -0.2) is 30.1 Å². The number of ether oxygens (including phenoxy) is 1. The Morgan fingerprint density at radius 1 is 1.22 bits per heavy atom. The molecule has 1 rings (SSSR count). The zero-order valence-electron chi connectivity index (χ0n) is 11.8. The second-order valence-electron chi connectivity index (χ2n) is 5.38. The number of rotatable bonds is 5. The van der Waals surface area contributed by atoms with Gasteiger partial charge >= 0.3 is 0 Å². The second kappa shape index (κ2) is 6.55. The van der Waals surface area contributed by atoms with Gasteiger partial charge in [0.2, 0.25) is 5.91 Å². The van der Waals surface area contributed by atoms with Crippen LogP contribution in [0.2, 0.25) is 0 Å². The Kier molecular flexibility index (Phi) is 5.35. The summed E-state index contributed by atoms with van der Waals surface area (Å²) in [5.74, 6) is 0.133. The molecule has 0 saturated heterocycles. The van der Waals surface area contributed by atoms with Crippen molar-refractivity contribution in [1.82, 2.24) is 4.90 Å². The summed E-state index contributed by atoms with van der Waals surface area (Å²) < 4.78 is 4.98. The number of methoxy groups -OCH3 is 1. The molecule has 0 radical (unpaired) electrons. The van der Waals surface area contributed by atoms with E-state index in [1.807, 2.05) is 35.2 Å². The van der Waals surface area contributed by atoms with Crippen molar-refractivity contribution in [2.75, 3.05) is 13.7 Å². The molecule has 0 aliphatic carbocycles. The summed E-state index contributed by atoms with van der Waals surface area (Å²) >= 11 is 0. The Labute approximate surface area is 110 Å². The highest BCUT2D eigenvalue weighted by molar-refractivity contribution is 5.77. The van der Waals surface area contributed by atoms with Crippen LogP contribution in [0.5, 0.6) is 0 Å². The molecule has 0 fully saturated rings. The number of carbonyl (C=O) groups excluding carboxylic acids is 1. The predicted octanol–water partition coefficient (Wildman–Crippen LogP) is 2.85. The molecule has 0 saturated carbocycles. The zero-order chi connectivity index (χ0) is 13.6. The highest BCUT2D eigenvalue weighted by atomic mass is 16.5. The van der Waals surface area contributed by atoms with Crippen LogP contribution in [0.25, 0.3) is 0 Å². The normalized spacial score (nSPS) is 11.3. The molecule has 1 aromatic carbocycles. The number of amides is 1. The topological polar surface area (TPSA) is 29.5 Å². The van der Waals surface area contributed by atoms with Gasteiger partial charge in [-0.05, 0) is 26.3 Å². The van der Waals surface area contributed by atoms with E-state index in [-0.39, 0.29) is 11.4 Å². The lowest BCUT2D eigenvalue weighted by Crippen LogP contribution is -2.45. The standard InChI is InChI=1S/C15H23NO2/c1-15(2,3)16(14(17)10-11-18-4)12-13-8-6-5-7-9-13/h5-9H,10-12H2,1-4H3. The van der Waals surface area contributed by atoms with Crippen molar-refractivity contribution >= 4 is 5.91 Å². The molecule has 3 nitrogen and oxygen atoms in total. The van der Waals surface area contributed by atoms with Gasteiger partial charge in [-0.25, -0.2) is 0 Å². The molecule has 3 heteroatoms. The van der Waals surface area contributed by atoms with E-state index in [2.05, 4.69) is 20.8 Å². The van der Waals surface area contributed by atoms with Gasteiger partial charge < -0.3 is 9.64 Å². The summed E-state index contributed by atoms with van der Waals surface area (Å²) in [5, 5.41) is 0. The SMILES string of the molecule is COCCC(=O)N(Cc1ccccc1)C(C)(C)C. The van der Waals surface area contributed by atoms with Crippen molar-refractivity contribution in [3.8, 4) is 0 Å². The largest absolute Gasteiger partial charge is 0.384 e. The van der Waals surface area contributed by atoms with Crippen molar-refractivity contribution in [3.63, 3.8) is 0 Å². The Morgan fingerprint density at radius 2 is 1.83 bits per heavy atom. The lowest BCUT2D eigenvalue weighted by atomic mass is 10.0. The summed E-state index contributed by atoms with van der Waals surface area (Å²) in [6.45, 7) is 7.29. The molecular formula is C15H23NO2. The molecule has 1 aromatic rings. The number of hydrogen-bond acceptors (Lipinski definition) is 2. The monoisotopic (exact) mass is 249 g/mol. The van der Waals surface area contributed by atoms with Gasteiger partial charge in [-0.3, -0.25) is 4.79 Å². The Bertz CT molecular complexity index is 368. The van der Waals surface area contributed by atoms with Gasteiger partial charge in [-0.1, -0.05) is 30.3 Å². The molecule has 0 bridgehead atoms. The molecule has 0 atom stereocenters. The average Bonchev–Trinajstić information content (AvgIpc) is 2.33. The third kappa shape index (κ3) is 4.49. The summed E-state index contributed by atoms with van der Waals surface area (Å²) in [6.07, 6.45) is 0.431. The first-order valence-electron chi connectivity index (χ1n) is 6.28. The first-order valence-corrected chi connectivity index (χ1v) is 6.28. The van der Waals surface area contributed by atoms with Crippen molar-refractivity contribution in [2.24, 2.45) is 0 Å². The van der Waals surface area contributed by atoms with Crippen LogP contribution in [-0.2, 0) is 16.1 Å². The van der Waals surface area contributed by atoms with Gasteiger partial charge in [-0.2, -0.15) is 0 Å². The van der Waals surface area contributed by atoms with Gasteiger partial charge in [0, 0.05) is 19.2 Å². The van der Waals surface area contributed by atoms with Crippen LogP contribution in [0.4, 0.5) is 0 Å². The smallest absolute Gasteiger partial charge is 0.225 e. The van der Waals surface area contributed by atoms with E-state index < -0.39 is 0 Å². The van der Waals surface area contributed by atoms with E-state index in [0.717, 1.165) is 5.56 Å². The average molecular weight is 249 g/mol. The van der Waals surface area contributed by atoms with E-state index in [0.29, 0.717) is 19.6 Å². The maximum Gasteiger partial charge on any atom is 0.225 e.